The Balaban J connectivity index is 1.44. The maximum Gasteiger partial charge on any atom is 0.253 e. The highest BCUT2D eigenvalue weighted by Gasteiger charge is 2.53. The number of β-lactam (4-membered cyclic amide) rings is 1. The van der Waals surface area contributed by atoms with E-state index in [2.05, 4.69) is 17.9 Å². The third-order valence-corrected chi connectivity index (χ3v) is 10.0. The lowest BCUT2D eigenvalue weighted by atomic mass is 10.0. The molecule has 0 radical (unpaired) electrons. The molecule has 5 heterocycles. The van der Waals surface area contributed by atoms with Gasteiger partial charge in [0.15, 0.2) is 5.43 Å². The average Bonchev–Trinajstić information content (AvgIpc) is 3.39. The first-order chi connectivity index (χ1) is 15.3. The first-order valence-electron chi connectivity index (χ1n) is 9.30. The van der Waals surface area contributed by atoms with Crippen molar-refractivity contribution in [2.24, 2.45) is 0 Å². The molecule has 0 spiro atoms. The number of thiophene rings is 2. The van der Waals surface area contributed by atoms with Gasteiger partial charge in [-0.2, -0.15) is 0 Å². The van der Waals surface area contributed by atoms with Crippen LogP contribution >= 0.6 is 70.0 Å². The predicted octanol–water partition coefficient (Wildman–Crippen LogP) is 3.85. The number of fused-ring (bicyclic) bond motifs is 2. The summed E-state index contributed by atoms with van der Waals surface area (Å²) in [6.07, 6.45) is 0.204. The zero-order chi connectivity index (χ0) is 22.6. The number of hydrogen-bond donors (Lipinski definition) is 2. The molecule has 0 aliphatic carbocycles. The fraction of sp³-hybridized carbons (Fsp3) is 0.200. The molecule has 0 bridgehead atoms. The fourth-order valence-electron chi connectivity index (χ4n) is 3.67. The van der Waals surface area contributed by atoms with E-state index in [0.717, 1.165) is 8.89 Å². The van der Waals surface area contributed by atoms with E-state index < -0.39 is 11.2 Å². The molecule has 0 saturated carbocycles. The Morgan fingerprint density at radius 1 is 1.25 bits per heavy atom. The molecule has 1 unspecified atom stereocenters. The summed E-state index contributed by atoms with van der Waals surface area (Å²) < 4.78 is 1.28. The second kappa shape index (κ2) is 8.62. The number of carbonyl (C=O) groups excluding carboxylic acids is 3. The first kappa shape index (κ1) is 22.2. The van der Waals surface area contributed by atoms with Gasteiger partial charge in [0.1, 0.15) is 17.1 Å². The van der Waals surface area contributed by atoms with E-state index in [9.17, 15) is 19.2 Å². The zero-order valence-corrected chi connectivity index (χ0v) is 20.9. The molecule has 2 aliphatic rings. The van der Waals surface area contributed by atoms with Crippen LogP contribution in [0.1, 0.15) is 9.75 Å². The molecule has 12 heteroatoms. The van der Waals surface area contributed by atoms with Gasteiger partial charge >= 0.3 is 0 Å². The van der Waals surface area contributed by atoms with Crippen LogP contribution in [0.25, 0.3) is 15.0 Å². The van der Waals surface area contributed by atoms with Crippen molar-refractivity contribution in [2.75, 3.05) is 5.75 Å². The summed E-state index contributed by atoms with van der Waals surface area (Å²) in [6, 6.07) is 6.15. The maximum absolute atomic E-state index is 12.9. The van der Waals surface area contributed by atoms with Crippen molar-refractivity contribution < 1.29 is 14.4 Å². The summed E-state index contributed by atoms with van der Waals surface area (Å²) in [5.41, 5.74) is 0.580. The Bertz CT molecular complexity index is 1360. The molecule has 2 atom stereocenters. The summed E-state index contributed by atoms with van der Waals surface area (Å²) in [6.45, 7) is 0. The van der Waals surface area contributed by atoms with Gasteiger partial charge in [-0.05, 0) is 17.5 Å². The Morgan fingerprint density at radius 3 is 2.78 bits per heavy atom. The molecular weight excluding hydrogens is 528 g/mol. The highest BCUT2D eigenvalue weighted by molar-refractivity contribution is 8.00. The quantitative estimate of drug-likeness (QED) is 0.379. The van der Waals surface area contributed by atoms with E-state index in [1.807, 2.05) is 17.5 Å². The van der Waals surface area contributed by atoms with Crippen molar-refractivity contribution in [3.63, 3.8) is 0 Å². The molecule has 0 aromatic carbocycles. The number of rotatable bonds is 5. The fourth-order valence-corrected chi connectivity index (χ4v) is 8.81. The second-order valence-electron chi connectivity index (χ2n) is 7.07. The van der Waals surface area contributed by atoms with Gasteiger partial charge in [-0.3, -0.25) is 24.1 Å². The number of carbonyl (C=O) groups is 3. The van der Waals surface area contributed by atoms with E-state index in [4.69, 9.17) is 11.6 Å². The van der Waals surface area contributed by atoms with Crippen LogP contribution in [0.3, 0.4) is 0 Å². The molecule has 1 saturated heterocycles. The molecule has 1 N–H and O–H groups in total. The summed E-state index contributed by atoms with van der Waals surface area (Å²) in [5.74, 6) is -0.185. The van der Waals surface area contributed by atoms with Gasteiger partial charge in [-0.15, -0.1) is 45.8 Å². The Hall–Kier alpha value is -1.63. The lowest BCUT2D eigenvalue weighted by molar-refractivity contribution is -0.146. The van der Waals surface area contributed by atoms with E-state index >= 15 is 0 Å². The van der Waals surface area contributed by atoms with Crippen LogP contribution in [0.2, 0.25) is 4.34 Å². The predicted molar refractivity (Wildman–Crippen MR) is 135 cm³/mol. The highest BCUT2D eigenvalue weighted by Crippen LogP contribution is 2.45. The summed E-state index contributed by atoms with van der Waals surface area (Å²) >= 11 is 15.7. The lowest BCUT2D eigenvalue weighted by Crippen LogP contribution is -2.70. The highest BCUT2D eigenvalue weighted by atomic mass is 35.5. The molecule has 2 aliphatic heterocycles. The summed E-state index contributed by atoms with van der Waals surface area (Å²) in [5, 5.41) is 4.29. The SMILES string of the molecule is O=C(Cc1cccs1)NC1C(=O)N2C(C(=O)S)=C(c3cc(=O)c4cc(Cl)sc4s3)CS[C@H]12. The van der Waals surface area contributed by atoms with Crippen molar-refractivity contribution in [1.29, 1.82) is 0 Å². The molecule has 6 nitrogen and oxygen atoms in total. The molecule has 164 valence electrons. The monoisotopic (exact) mass is 540 g/mol. The third-order valence-electron chi connectivity index (χ3n) is 5.10. The molecule has 3 aromatic heterocycles. The Morgan fingerprint density at radius 2 is 2.06 bits per heavy atom. The van der Waals surface area contributed by atoms with Gasteiger partial charge in [0, 0.05) is 27.1 Å². The van der Waals surface area contributed by atoms with Crippen LogP contribution in [0.15, 0.2) is 40.1 Å². The van der Waals surface area contributed by atoms with E-state index in [-0.39, 0.29) is 34.7 Å². The number of nitrogens with one attached hydrogen (secondary N) is 1. The van der Waals surface area contributed by atoms with Crippen LogP contribution in [-0.4, -0.2) is 39.0 Å². The average molecular weight is 541 g/mol. The Labute approximate surface area is 208 Å². The molecule has 5 rings (SSSR count). The van der Waals surface area contributed by atoms with Crippen LogP contribution in [0, 0.1) is 0 Å². The minimum Gasteiger partial charge on any atom is -0.341 e. The van der Waals surface area contributed by atoms with E-state index in [1.165, 1.54) is 56.7 Å². The van der Waals surface area contributed by atoms with Crippen molar-refractivity contribution in [2.45, 2.75) is 17.8 Å². The topological polar surface area (TPSA) is 83.6 Å². The normalized spacial score (nSPS) is 20.3. The lowest BCUT2D eigenvalue weighted by Gasteiger charge is -2.49. The van der Waals surface area contributed by atoms with Crippen LogP contribution in [0.5, 0.6) is 0 Å². The van der Waals surface area contributed by atoms with Gasteiger partial charge < -0.3 is 5.32 Å². The first-order valence-corrected chi connectivity index (χ1v) is 13.7. The van der Waals surface area contributed by atoms with Gasteiger partial charge in [-0.25, -0.2) is 0 Å². The van der Waals surface area contributed by atoms with Crippen LogP contribution in [0.4, 0.5) is 0 Å². The molecular formula is C20H13ClN2O4S5. The largest absolute Gasteiger partial charge is 0.341 e. The number of nitrogens with zero attached hydrogens (tertiary/aromatic N) is 1. The van der Waals surface area contributed by atoms with Crippen molar-refractivity contribution in [3.05, 3.63) is 59.7 Å². The van der Waals surface area contributed by atoms with Crippen LogP contribution in [-0.2, 0) is 20.8 Å². The van der Waals surface area contributed by atoms with Crippen molar-refractivity contribution in [1.82, 2.24) is 10.2 Å². The maximum atomic E-state index is 12.9. The number of hydrogen-bond acceptors (Lipinski definition) is 8. The molecule has 3 aromatic rings. The van der Waals surface area contributed by atoms with Crippen LogP contribution < -0.4 is 10.7 Å². The van der Waals surface area contributed by atoms with Gasteiger partial charge in [-0.1, -0.05) is 30.3 Å². The zero-order valence-electron chi connectivity index (χ0n) is 16.0. The number of thioether (sulfide) groups is 1. The standard InChI is InChI=1S/C20H13ClN2O4S5/c21-13-5-9-11(24)6-12(31-20(9)32-13)10-7-30-18-15(17(26)23(18)16(10)19(27)28)22-14(25)4-8-2-1-3-29-8/h1-3,5-6,15,18H,4,7H2,(H,22,25)(H,27,28)/t15?,18-/m1/s1. The van der Waals surface area contributed by atoms with Gasteiger partial charge in [0.05, 0.1) is 20.2 Å². The minimum atomic E-state index is -0.700. The smallest absolute Gasteiger partial charge is 0.253 e. The van der Waals surface area contributed by atoms with Crippen molar-refractivity contribution >= 4 is 102 Å². The van der Waals surface area contributed by atoms with Gasteiger partial charge in [0.25, 0.3) is 5.91 Å². The Kier molecular flexibility index (Phi) is 5.97. The molecule has 2 amide bonds. The minimum absolute atomic E-state index is 0.170. The van der Waals surface area contributed by atoms with Crippen molar-refractivity contribution in [3.8, 4) is 0 Å². The van der Waals surface area contributed by atoms with E-state index in [1.54, 1.807) is 6.07 Å². The second-order valence-corrected chi connectivity index (χ2v) is 12.6. The third kappa shape index (κ3) is 3.84. The molecule has 32 heavy (non-hydrogen) atoms. The van der Waals surface area contributed by atoms with Gasteiger partial charge in [0.2, 0.25) is 11.0 Å². The molecule has 1 fully saturated rings. The van der Waals surface area contributed by atoms with E-state index in [0.29, 0.717) is 25.9 Å². The number of halogens is 1. The number of amides is 2. The number of thiol groups is 1. The summed E-state index contributed by atoms with van der Waals surface area (Å²) in [7, 11) is 0. The summed E-state index contributed by atoms with van der Waals surface area (Å²) in [4.78, 5) is 53.2.